The highest BCUT2D eigenvalue weighted by Gasteiger charge is 2.16. The Morgan fingerprint density at radius 2 is 1.65 bits per heavy atom. The third-order valence-electron chi connectivity index (χ3n) is 3.58. The van der Waals surface area contributed by atoms with Gasteiger partial charge in [0, 0.05) is 11.1 Å². The van der Waals surface area contributed by atoms with E-state index in [0.717, 1.165) is 5.56 Å². The van der Waals surface area contributed by atoms with E-state index < -0.39 is 0 Å². The molecule has 2 rings (SSSR count). The van der Waals surface area contributed by atoms with Crippen LogP contribution in [0, 0.1) is 0 Å². The molecule has 2 aromatic carbocycles. The number of hydrogen-bond donors (Lipinski definition) is 1. The number of benzene rings is 2. The molecule has 0 radical (unpaired) electrons. The first kappa shape index (κ1) is 16.7. The second kappa shape index (κ2) is 7.54. The quantitative estimate of drug-likeness (QED) is 0.889. The number of amides is 1. The highest BCUT2D eigenvalue weighted by molar-refractivity contribution is 5.94. The van der Waals surface area contributed by atoms with E-state index >= 15 is 0 Å². The molecule has 0 saturated carbocycles. The minimum absolute atomic E-state index is 0.179. The molecule has 0 spiro atoms. The molecular formula is C18H21NO4. The number of nitrogens with one attached hydrogen (secondary N) is 1. The van der Waals surface area contributed by atoms with E-state index in [4.69, 9.17) is 14.2 Å². The van der Waals surface area contributed by atoms with Crippen molar-refractivity contribution >= 4 is 5.91 Å². The average molecular weight is 315 g/mol. The van der Waals surface area contributed by atoms with E-state index in [0.29, 0.717) is 22.8 Å². The molecule has 0 fully saturated rings. The SMILES string of the molecule is COc1cccc(C(=O)N[C@H](C)c2cc(OC)ccc2OC)c1. The number of rotatable bonds is 6. The van der Waals surface area contributed by atoms with Gasteiger partial charge in [-0.25, -0.2) is 0 Å². The number of carbonyl (C=O) groups excluding carboxylic acids is 1. The van der Waals surface area contributed by atoms with Gasteiger partial charge in [0.2, 0.25) is 0 Å². The predicted octanol–water partition coefficient (Wildman–Crippen LogP) is 3.20. The van der Waals surface area contributed by atoms with Gasteiger partial charge in [0.15, 0.2) is 0 Å². The topological polar surface area (TPSA) is 56.8 Å². The first-order chi connectivity index (χ1) is 11.1. The molecule has 1 amide bonds. The van der Waals surface area contributed by atoms with Crippen LogP contribution in [0.2, 0.25) is 0 Å². The molecule has 0 aromatic heterocycles. The number of carbonyl (C=O) groups is 1. The largest absolute Gasteiger partial charge is 0.497 e. The van der Waals surface area contributed by atoms with Crippen LogP contribution in [-0.4, -0.2) is 27.2 Å². The van der Waals surface area contributed by atoms with Gasteiger partial charge in [-0.15, -0.1) is 0 Å². The molecule has 0 bridgehead atoms. The smallest absolute Gasteiger partial charge is 0.251 e. The van der Waals surface area contributed by atoms with Crippen LogP contribution >= 0.6 is 0 Å². The lowest BCUT2D eigenvalue weighted by Crippen LogP contribution is -2.27. The summed E-state index contributed by atoms with van der Waals surface area (Å²) < 4.78 is 15.7. The standard InChI is InChI=1S/C18H21NO4/c1-12(16-11-15(22-3)8-9-17(16)23-4)19-18(20)13-6-5-7-14(10-13)21-2/h5-12H,1-4H3,(H,19,20)/t12-/m1/s1. The summed E-state index contributed by atoms with van der Waals surface area (Å²) in [5, 5.41) is 2.96. The number of ether oxygens (including phenoxy) is 3. The van der Waals surface area contributed by atoms with Crippen molar-refractivity contribution in [2.45, 2.75) is 13.0 Å². The first-order valence-corrected chi connectivity index (χ1v) is 7.26. The fourth-order valence-electron chi connectivity index (χ4n) is 2.30. The molecule has 1 N–H and O–H groups in total. The maximum absolute atomic E-state index is 12.4. The highest BCUT2D eigenvalue weighted by atomic mass is 16.5. The average Bonchev–Trinajstić information content (AvgIpc) is 2.60. The molecule has 0 saturated heterocycles. The van der Waals surface area contributed by atoms with Gasteiger partial charge < -0.3 is 19.5 Å². The zero-order valence-electron chi connectivity index (χ0n) is 13.8. The molecule has 0 aliphatic rings. The summed E-state index contributed by atoms with van der Waals surface area (Å²) in [6.45, 7) is 1.90. The van der Waals surface area contributed by atoms with Crippen molar-refractivity contribution in [1.29, 1.82) is 0 Å². The minimum atomic E-state index is -0.237. The normalized spacial score (nSPS) is 11.5. The summed E-state index contributed by atoms with van der Waals surface area (Å²) in [7, 11) is 4.77. The van der Waals surface area contributed by atoms with E-state index in [1.165, 1.54) is 0 Å². The fraction of sp³-hybridized carbons (Fsp3) is 0.278. The van der Waals surface area contributed by atoms with E-state index in [2.05, 4.69) is 5.32 Å². The monoisotopic (exact) mass is 315 g/mol. The summed E-state index contributed by atoms with van der Waals surface area (Å²) in [6.07, 6.45) is 0. The van der Waals surface area contributed by atoms with Crippen LogP contribution in [0.15, 0.2) is 42.5 Å². The third-order valence-corrected chi connectivity index (χ3v) is 3.58. The summed E-state index contributed by atoms with van der Waals surface area (Å²) in [5.74, 6) is 1.87. The van der Waals surface area contributed by atoms with Crippen molar-refractivity contribution in [2.24, 2.45) is 0 Å². The second-order valence-electron chi connectivity index (χ2n) is 5.03. The molecule has 23 heavy (non-hydrogen) atoms. The van der Waals surface area contributed by atoms with Crippen LogP contribution in [0.3, 0.4) is 0 Å². The lowest BCUT2D eigenvalue weighted by molar-refractivity contribution is 0.0939. The molecule has 0 aliphatic carbocycles. The lowest BCUT2D eigenvalue weighted by Gasteiger charge is -2.18. The Kier molecular flexibility index (Phi) is 5.46. The molecule has 0 heterocycles. The Hall–Kier alpha value is -2.69. The molecule has 5 nitrogen and oxygen atoms in total. The fourth-order valence-corrected chi connectivity index (χ4v) is 2.30. The van der Waals surface area contributed by atoms with Crippen molar-refractivity contribution in [3.8, 4) is 17.2 Å². The van der Waals surface area contributed by atoms with Crippen molar-refractivity contribution < 1.29 is 19.0 Å². The molecular weight excluding hydrogens is 294 g/mol. The van der Waals surface area contributed by atoms with Gasteiger partial charge in [-0.05, 0) is 43.3 Å². The van der Waals surface area contributed by atoms with E-state index in [9.17, 15) is 4.79 Å². The van der Waals surface area contributed by atoms with Gasteiger partial charge in [0.25, 0.3) is 5.91 Å². The molecule has 1 atom stereocenters. The van der Waals surface area contributed by atoms with Crippen LogP contribution in [0.4, 0.5) is 0 Å². The van der Waals surface area contributed by atoms with Gasteiger partial charge in [-0.1, -0.05) is 6.07 Å². The lowest BCUT2D eigenvalue weighted by atomic mass is 10.1. The molecule has 5 heteroatoms. The Labute approximate surface area is 136 Å². The van der Waals surface area contributed by atoms with Crippen LogP contribution < -0.4 is 19.5 Å². The molecule has 0 unspecified atom stereocenters. The van der Waals surface area contributed by atoms with Crippen molar-refractivity contribution in [3.63, 3.8) is 0 Å². The highest BCUT2D eigenvalue weighted by Crippen LogP contribution is 2.29. The van der Waals surface area contributed by atoms with E-state index in [1.54, 1.807) is 45.6 Å². The minimum Gasteiger partial charge on any atom is -0.497 e. The Balaban J connectivity index is 2.20. The zero-order chi connectivity index (χ0) is 16.8. The maximum atomic E-state index is 12.4. The Bertz CT molecular complexity index is 684. The molecule has 0 aliphatic heterocycles. The van der Waals surface area contributed by atoms with Crippen LogP contribution in [0.1, 0.15) is 28.9 Å². The van der Waals surface area contributed by atoms with Gasteiger partial charge in [-0.3, -0.25) is 4.79 Å². The number of methoxy groups -OCH3 is 3. The van der Waals surface area contributed by atoms with Crippen LogP contribution in [-0.2, 0) is 0 Å². The number of hydrogen-bond acceptors (Lipinski definition) is 4. The maximum Gasteiger partial charge on any atom is 0.251 e. The summed E-state index contributed by atoms with van der Waals surface area (Å²) in [6, 6.07) is 12.3. The third kappa shape index (κ3) is 3.94. The van der Waals surface area contributed by atoms with E-state index in [-0.39, 0.29) is 11.9 Å². The zero-order valence-corrected chi connectivity index (χ0v) is 13.8. The van der Waals surface area contributed by atoms with Crippen LogP contribution in [0.25, 0.3) is 0 Å². The van der Waals surface area contributed by atoms with Gasteiger partial charge in [0.1, 0.15) is 17.2 Å². The van der Waals surface area contributed by atoms with Crippen molar-refractivity contribution in [1.82, 2.24) is 5.32 Å². The first-order valence-electron chi connectivity index (χ1n) is 7.26. The van der Waals surface area contributed by atoms with Crippen molar-refractivity contribution in [2.75, 3.05) is 21.3 Å². The Morgan fingerprint density at radius 3 is 2.30 bits per heavy atom. The second-order valence-corrected chi connectivity index (χ2v) is 5.03. The summed E-state index contributed by atoms with van der Waals surface area (Å²) >= 11 is 0. The molecule has 2 aromatic rings. The van der Waals surface area contributed by atoms with E-state index in [1.807, 2.05) is 25.1 Å². The Morgan fingerprint density at radius 1 is 0.957 bits per heavy atom. The predicted molar refractivity (Wildman–Crippen MR) is 88.4 cm³/mol. The van der Waals surface area contributed by atoms with Gasteiger partial charge >= 0.3 is 0 Å². The summed E-state index contributed by atoms with van der Waals surface area (Å²) in [4.78, 5) is 12.4. The molecule has 122 valence electrons. The van der Waals surface area contributed by atoms with Gasteiger partial charge in [0.05, 0.1) is 27.4 Å². The van der Waals surface area contributed by atoms with Crippen molar-refractivity contribution in [3.05, 3.63) is 53.6 Å². The van der Waals surface area contributed by atoms with Gasteiger partial charge in [-0.2, -0.15) is 0 Å². The summed E-state index contributed by atoms with van der Waals surface area (Å²) in [5.41, 5.74) is 1.39. The van der Waals surface area contributed by atoms with Crippen LogP contribution in [0.5, 0.6) is 17.2 Å².